The van der Waals surface area contributed by atoms with Gasteiger partial charge in [0, 0.05) is 31.4 Å². The number of fused-ring (bicyclic) bond motifs is 1. The Balaban J connectivity index is 1.83. The van der Waals surface area contributed by atoms with E-state index < -0.39 is 0 Å². The van der Waals surface area contributed by atoms with Crippen LogP contribution >= 0.6 is 0 Å². The lowest BCUT2D eigenvalue weighted by molar-refractivity contribution is 0.102. The van der Waals surface area contributed by atoms with Crippen molar-refractivity contribution in [1.29, 1.82) is 0 Å². The third-order valence-corrected chi connectivity index (χ3v) is 5.20. The van der Waals surface area contributed by atoms with Crippen molar-refractivity contribution in [2.45, 2.75) is 38.8 Å². The lowest BCUT2D eigenvalue weighted by Crippen LogP contribution is -2.53. The third kappa shape index (κ3) is 2.45. The van der Waals surface area contributed by atoms with Crippen molar-refractivity contribution in [2.24, 2.45) is 11.7 Å². The Morgan fingerprint density at radius 1 is 1.25 bits per heavy atom. The minimum Gasteiger partial charge on any atom is -0.371 e. The highest BCUT2D eigenvalue weighted by atomic mass is 15.2. The molecule has 3 nitrogen and oxygen atoms in total. The zero-order valence-corrected chi connectivity index (χ0v) is 12.8. The van der Waals surface area contributed by atoms with E-state index in [0.29, 0.717) is 6.54 Å². The molecule has 2 atom stereocenters. The molecule has 1 aromatic rings. The first kappa shape index (κ1) is 13.9. The van der Waals surface area contributed by atoms with Gasteiger partial charge in [-0.25, -0.2) is 0 Å². The van der Waals surface area contributed by atoms with E-state index >= 15 is 0 Å². The SMILES string of the molecule is Cc1cccc(CN)c1N1CCC2C(CCCN2C)C1. The molecule has 0 amide bonds. The number of piperidine rings is 2. The molecule has 0 bridgehead atoms. The summed E-state index contributed by atoms with van der Waals surface area (Å²) in [6.07, 6.45) is 4.03. The van der Waals surface area contributed by atoms with Crippen LogP contribution in [0.15, 0.2) is 18.2 Å². The van der Waals surface area contributed by atoms with Gasteiger partial charge in [0.25, 0.3) is 0 Å². The standard InChI is InChI=1S/C17H27N3/c1-13-5-3-6-14(11-18)17(13)20-10-8-16-15(12-20)7-4-9-19(16)2/h3,5-6,15-16H,4,7-12,18H2,1-2H3. The van der Waals surface area contributed by atoms with Crippen LogP contribution in [0, 0.1) is 12.8 Å². The van der Waals surface area contributed by atoms with Crippen molar-refractivity contribution < 1.29 is 0 Å². The van der Waals surface area contributed by atoms with Crippen molar-refractivity contribution in [3.63, 3.8) is 0 Å². The van der Waals surface area contributed by atoms with Crippen LogP contribution in [0.25, 0.3) is 0 Å². The zero-order chi connectivity index (χ0) is 14.1. The molecule has 2 N–H and O–H groups in total. The van der Waals surface area contributed by atoms with Crippen LogP contribution in [0.2, 0.25) is 0 Å². The molecular weight excluding hydrogens is 246 g/mol. The number of nitrogens with zero attached hydrogens (tertiary/aromatic N) is 2. The fraction of sp³-hybridized carbons (Fsp3) is 0.647. The number of rotatable bonds is 2. The molecule has 0 saturated carbocycles. The summed E-state index contributed by atoms with van der Waals surface area (Å²) >= 11 is 0. The second kappa shape index (κ2) is 5.74. The van der Waals surface area contributed by atoms with Crippen molar-refractivity contribution >= 4 is 5.69 Å². The molecule has 2 unspecified atom stereocenters. The first-order valence-corrected chi connectivity index (χ1v) is 7.94. The highest BCUT2D eigenvalue weighted by Crippen LogP contribution is 2.34. The topological polar surface area (TPSA) is 32.5 Å². The second-order valence-electron chi connectivity index (χ2n) is 6.47. The molecule has 2 fully saturated rings. The lowest BCUT2D eigenvalue weighted by atomic mass is 9.83. The zero-order valence-electron chi connectivity index (χ0n) is 12.8. The molecule has 2 heterocycles. The van der Waals surface area contributed by atoms with Crippen molar-refractivity contribution in [2.75, 3.05) is 31.6 Å². The predicted molar refractivity (Wildman–Crippen MR) is 85.0 cm³/mol. The molecule has 20 heavy (non-hydrogen) atoms. The molecule has 110 valence electrons. The molecule has 0 radical (unpaired) electrons. The molecular formula is C17H27N3. The molecule has 0 spiro atoms. The Hall–Kier alpha value is -1.06. The van der Waals surface area contributed by atoms with Gasteiger partial charge in [-0.05, 0) is 56.8 Å². The number of likely N-dealkylation sites (tertiary alicyclic amines) is 1. The summed E-state index contributed by atoms with van der Waals surface area (Å²) in [6.45, 7) is 6.50. The number of anilines is 1. The maximum Gasteiger partial charge on any atom is 0.0441 e. The average molecular weight is 273 g/mol. The van der Waals surface area contributed by atoms with Gasteiger partial charge >= 0.3 is 0 Å². The van der Waals surface area contributed by atoms with Gasteiger partial charge in [0.2, 0.25) is 0 Å². The number of aryl methyl sites for hydroxylation is 1. The van der Waals surface area contributed by atoms with Crippen LogP contribution in [0.5, 0.6) is 0 Å². The van der Waals surface area contributed by atoms with Crippen LogP contribution in [0.1, 0.15) is 30.4 Å². The van der Waals surface area contributed by atoms with E-state index in [-0.39, 0.29) is 0 Å². The van der Waals surface area contributed by atoms with Gasteiger partial charge in [-0.15, -0.1) is 0 Å². The molecule has 0 aromatic heterocycles. The Kier molecular flexibility index (Phi) is 3.99. The van der Waals surface area contributed by atoms with E-state index in [4.69, 9.17) is 5.73 Å². The van der Waals surface area contributed by atoms with E-state index in [0.717, 1.165) is 12.0 Å². The van der Waals surface area contributed by atoms with E-state index in [1.165, 1.54) is 55.7 Å². The van der Waals surface area contributed by atoms with E-state index in [1.54, 1.807) is 0 Å². The molecule has 2 saturated heterocycles. The minimum absolute atomic E-state index is 0.640. The summed E-state index contributed by atoms with van der Waals surface area (Å²) in [5.41, 5.74) is 10.0. The quantitative estimate of drug-likeness (QED) is 0.898. The number of benzene rings is 1. The van der Waals surface area contributed by atoms with Gasteiger partial charge in [0.05, 0.1) is 0 Å². The highest BCUT2D eigenvalue weighted by molar-refractivity contribution is 5.59. The normalized spacial score (nSPS) is 27.4. The van der Waals surface area contributed by atoms with Crippen LogP contribution in [-0.4, -0.2) is 37.6 Å². The van der Waals surface area contributed by atoms with E-state index in [1.807, 2.05) is 0 Å². The molecule has 3 rings (SSSR count). The highest BCUT2D eigenvalue weighted by Gasteiger charge is 2.34. The van der Waals surface area contributed by atoms with E-state index in [9.17, 15) is 0 Å². The summed E-state index contributed by atoms with van der Waals surface area (Å²) in [6, 6.07) is 7.32. The molecule has 3 heteroatoms. The molecule has 1 aromatic carbocycles. The van der Waals surface area contributed by atoms with Crippen molar-refractivity contribution in [3.05, 3.63) is 29.3 Å². The fourth-order valence-corrected chi connectivity index (χ4v) is 4.19. The summed E-state index contributed by atoms with van der Waals surface area (Å²) in [5.74, 6) is 0.827. The van der Waals surface area contributed by atoms with Crippen LogP contribution < -0.4 is 10.6 Å². The monoisotopic (exact) mass is 273 g/mol. The first-order chi connectivity index (χ1) is 9.70. The van der Waals surface area contributed by atoms with Gasteiger partial charge < -0.3 is 15.5 Å². The number of hydrogen-bond acceptors (Lipinski definition) is 3. The van der Waals surface area contributed by atoms with Crippen LogP contribution in [0.3, 0.4) is 0 Å². The number of nitrogens with two attached hydrogens (primary N) is 1. The summed E-state index contributed by atoms with van der Waals surface area (Å²) in [7, 11) is 2.30. The maximum atomic E-state index is 5.95. The Morgan fingerprint density at radius 3 is 2.90 bits per heavy atom. The van der Waals surface area contributed by atoms with E-state index in [2.05, 4.69) is 42.0 Å². The average Bonchev–Trinajstić information content (AvgIpc) is 2.47. The Morgan fingerprint density at radius 2 is 2.10 bits per heavy atom. The smallest absolute Gasteiger partial charge is 0.0441 e. The first-order valence-electron chi connectivity index (χ1n) is 7.94. The number of para-hydroxylation sites is 1. The molecule has 2 aliphatic heterocycles. The van der Waals surface area contributed by atoms with Gasteiger partial charge in [-0.1, -0.05) is 18.2 Å². The molecule has 0 aliphatic carbocycles. The maximum absolute atomic E-state index is 5.95. The number of hydrogen-bond donors (Lipinski definition) is 1. The second-order valence-corrected chi connectivity index (χ2v) is 6.47. The van der Waals surface area contributed by atoms with Gasteiger partial charge in [0.15, 0.2) is 0 Å². The third-order valence-electron chi connectivity index (χ3n) is 5.20. The van der Waals surface area contributed by atoms with Crippen molar-refractivity contribution in [3.8, 4) is 0 Å². The Bertz CT molecular complexity index is 471. The van der Waals surface area contributed by atoms with Gasteiger partial charge in [0.1, 0.15) is 0 Å². The summed E-state index contributed by atoms with van der Waals surface area (Å²) in [4.78, 5) is 5.17. The van der Waals surface area contributed by atoms with Crippen molar-refractivity contribution in [1.82, 2.24) is 4.90 Å². The fourth-order valence-electron chi connectivity index (χ4n) is 4.19. The van der Waals surface area contributed by atoms with Crippen LogP contribution in [-0.2, 0) is 6.54 Å². The minimum atomic E-state index is 0.640. The lowest BCUT2D eigenvalue weighted by Gasteiger charge is -2.47. The summed E-state index contributed by atoms with van der Waals surface area (Å²) < 4.78 is 0. The van der Waals surface area contributed by atoms with Gasteiger partial charge in [-0.2, -0.15) is 0 Å². The largest absolute Gasteiger partial charge is 0.371 e. The predicted octanol–water partition coefficient (Wildman–Crippen LogP) is 2.37. The van der Waals surface area contributed by atoms with Crippen LogP contribution in [0.4, 0.5) is 5.69 Å². The molecule has 2 aliphatic rings. The van der Waals surface area contributed by atoms with Gasteiger partial charge in [-0.3, -0.25) is 0 Å². The summed E-state index contributed by atoms with van der Waals surface area (Å²) in [5, 5.41) is 0. The Labute approximate surface area is 122 Å².